The second-order valence-electron chi connectivity index (χ2n) is 5.50. The van der Waals surface area contributed by atoms with Crippen molar-refractivity contribution in [3.8, 4) is 0 Å². The Bertz CT molecular complexity index is 817. The van der Waals surface area contributed by atoms with Crippen molar-refractivity contribution in [3.63, 3.8) is 0 Å². The minimum absolute atomic E-state index is 0.0881. The van der Waals surface area contributed by atoms with Gasteiger partial charge in [0.15, 0.2) is 0 Å². The van der Waals surface area contributed by atoms with Crippen molar-refractivity contribution in [2.45, 2.75) is 19.9 Å². The number of hydrogen-bond donors (Lipinski definition) is 1. The fourth-order valence-electron chi connectivity index (χ4n) is 2.15. The maximum atomic E-state index is 12.8. The van der Waals surface area contributed by atoms with E-state index in [9.17, 15) is 18.8 Å². The Morgan fingerprint density at radius 1 is 1.20 bits per heavy atom. The van der Waals surface area contributed by atoms with E-state index in [1.165, 1.54) is 53.0 Å². The summed E-state index contributed by atoms with van der Waals surface area (Å²) in [5.41, 5.74) is 0.238. The van der Waals surface area contributed by atoms with Gasteiger partial charge < -0.3 is 10.2 Å². The third kappa shape index (κ3) is 4.97. The highest BCUT2D eigenvalue weighted by atomic mass is 19.1. The highest BCUT2D eigenvalue weighted by Crippen LogP contribution is 2.08. The minimum Gasteiger partial charge on any atom is -0.331 e. The Morgan fingerprint density at radius 3 is 2.52 bits per heavy atom. The fraction of sp³-hybridized carbons (Fsp3) is 0.294. The van der Waals surface area contributed by atoms with Crippen molar-refractivity contribution in [2.24, 2.45) is 0 Å². The Balaban J connectivity index is 2.02. The summed E-state index contributed by atoms with van der Waals surface area (Å²) in [4.78, 5) is 37.2. The van der Waals surface area contributed by atoms with Crippen molar-refractivity contribution < 1.29 is 14.0 Å². The number of likely N-dealkylation sites (N-methyl/N-ethyl adjacent to an activating group) is 1. The Kier molecular flexibility index (Phi) is 5.99. The van der Waals surface area contributed by atoms with E-state index < -0.39 is 17.6 Å². The summed E-state index contributed by atoms with van der Waals surface area (Å²) in [6, 6.07) is 7.93. The third-order valence-corrected chi connectivity index (χ3v) is 3.38. The number of amides is 2. The number of carbonyl (C=O) groups excluding carboxylic acids is 2. The van der Waals surface area contributed by atoms with Crippen LogP contribution in [0.5, 0.6) is 0 Å². The number of hydrogen-bond acceptors (Lipinski definition) is 4. The molecule has 2 amide bonds. The molecule has 0 fully saturated rings. The summed E-state index contributed by atoms with van der Waals surface area (Å²) in [7, 11) is 1.46. The van der Waals surface area contributed by atoms with Gasteiger partial charge in [0.2, 0.25) is 5.91 Å². The number of anilines is 1. The van der Waals surface area contributed by atoms with Crippen molar-refractivity contribution in [1.29, 1.82) is 0 Å². The lowest BCUT2D eigenvalue weighted by atomic mass is 10.3. The zero-order valence-corrected chi connectivity index (χ0v) is 14.0. The molecule has 0 atom stereocenters. The average Bonchev–Trinajstić information content (AvgIpc) is 2.58. The van der Waals surface area contributed by atoms with Crippen LogP contribution in [0.1, 0.15) is 23.8 Å². The standard InChI is InChI=1S/C17H19FN4O3/c1-3-10-22-16(24)9-8-14(20-22)17(25)21(2)11-15(23)19-13-6-4-12(18)5-7-13/h4-9H,3,10-11H2,1-2H3,(H,19,23). The minimum atomic E-state index is -0.473. The van der Waals surface area contributed by atoms with Crippen LogP contribution in [0.3, 0.4) is 0 Å². The number of nitrogens with one attached hydrogen (secondary N) is 1. The number of aromatic nitrogens is 2. The van der Waals surface area contributed by atoms with E-state index in [1.807, 2.05) is 6.92 Å². The van der Waals surface area contributed by atoms with Crippen LogP contribution in [-0.4, -0.2) is 40.1 Å². The van der Waals surface area contributed by atoms with Crippen molar-refractivity contribution >= 4 is 17.5 Å². The van der Waals surface area contributed by atoms with Gasteiger partial charge in [0.1, 0.15) is 11.5 Å². The Hall–Kier alpha value is -3.03. The molecule has 0 aliphatic carbocycles. The zero-order valence-electron chi connectivity index (χ0n) is 14.0. The second-order valence-corrected chi connectivity index (χ2v) is 5.50. The topological polar surface area (TPSA) is 84.3 Å². The number of nitrogens with zero attached hydrogens (tertiary/aromatic N) is 3. The molecule has 1 N–H and O–H groups in total. The van der Waals surface area contributed by atoms with Crippen LogP contribution in [0, 0.1) is 5.82 Å². The molecule has 8 heteroatoms. The zero-order chi connectivity index (χ0) is 18.4. The van der Waals surface area contributed by atoms with Crippen molar-refractivity contribution in [1.82, 2.24) is 14.7 Å². The van der Waals surface area contributed by atoms with Gasteiger partial charge >= 0.3 is 0 Å². The predicted molar refractivity (Wildman–Crippen MR) is 90.8 cm³/mol. The van der Waals surface area contributed by atoms with E-state index >= 15 is 0 Å². The van der Waals surface area contributed by atoms with Crippen LogP contribution in [0.2, 0.25) is 0 Å². The van der Waals surface area contributed by atoms with Gasteiger partial charge in [-0.05, 0) is 36.8 Å². The first-order chi connectivity index (χ1) is 11.9. The van der Waals surface area contributed by atoms with Crippen molar-refractivity contribution in [3.05, 3.63) is 58.3 Å². The van der Waals surface area contributed by atoms with Crippen LogP contribution >= 0.6 is 0 Å². The van der Waals surface area contributed by atoms with E-state index in [1.54, 1.807) is 0 Å². The quantitative estimate of drug-likeness (QED) is 0.859. The van der Waals surface area contributed by atoms with Crippen LogP contribution in [0.15, 0.2) is 41.2 Å². The second kappa shape index (κ2) is 8.18. The van der Waals surface area contributed by atoms with Gasteiger partial charge in [0.05, 0.1) is 6.54 Å². The molecule has 1 aromatic heterocycles. The maximum Gasteiger partial charge on any atom is 0.274 e. The fourth-order valence-corrected chi connectivity index (χ4v) is 2.15. The molecule has 0 bridgehead atoms. The predicted octanol–water partition coefficient (Wildman–Crippen LogP) is 1.50. The molecule has 0 saturated heterocycles. The van der Waals surface area contributed by atoms with Crippen LogP contribution in [-0.2, 0) is 11.3 Å². The summed E-state index contributed by atoms with van der Waals surface area (Å²) in [6.07, 6.45) is 0.709. The molecule has 7 nitrogen and oxygen atoms in total. The molecular formula is C17H19FN4O3. The van der Waals surface area contributed by atoms with E-state index in [0.717, 1.165) is 0 Å². The average molecular weight is 346 g/mol. The van der Waals surface area contributed by atoms with Gasteiger partial charge in [-0.15, -0.1) is 0 Å². The van der Waals surface area contributed by atoms with E-state index in [-0.39, 0.29) is 17.8 Å². The molecule has 2 rings (SSSR count). The van der Waals surface area contributed by atoms with Gasteiger partial charge in [-0.1, -0.05) is 6.92 Å². The van der Waals surface area contributed by atoms with Gasteiger partial charge in [-0.2, -0.15) is 5.10 Å². The molecule has 0 unspecified atom stereocenters. The monoisotopic (exact) mass is 346 g/mol. The third-order valence-electron chi connectivity index (χ3n) is 3.38. The number of rotatable bonds is 6. The maximum absolute atomic E-state index is 12.8. The van der Waals surface area contributed by atoms with E-state index in [2.05, 4.69) is 10.4 Å². The lowest BCUT2D eigenvalue weighted by Gasteiger charge is -2.16. The lowest BCUT2D eigenvalue weighted by Crippen LogP contribution is -2.36. The van der Waals surface area contributed by atoms with Crippen LogP contribution < -0.4 is 10.9 Å². The summed E-state index contributed by atoms with van der Waals surface area (Å²) in [5.74, 6) is -1.30. The van der Waals surface area contributed by atoms with E-state index in [0.29, 0.717) is 18.7 Å². The number of carbonyl (C=O) groups is 2. The first kappa shape index (κ1) is 18.3. The molecule has 1 heterocycles. The SMILES string of the molecule is CCCn1nc(C(=O)N(C)CC(=O)Nc2ccc(F)cc2)ccc1=O. The van der Waals surface area contributed by atoms with Gasteiger partial charge in [-0.3, -0.25) is 14.4 Å². The molecule has 0 spiro atoms. The smallest absolute Gasteiger partial charge is 0.274 e. The summed E-state index contributed by atoms with van der Waals surface area (Å²) < 4.78 is 14.1. The highest BCUT2D eigenvalue weighted by molar-refractivity contribution is 5.98. The Morgan fingerprint density at radius 2 is 1.88 bits per heavy atom. The van der Waals surface area contributed by atoms with Gasteiger partial charge in [0, 0.05) is 25.3 Å². The highest BCUT2D eigenvalue weighted by Gasteiger charge is 2.17. The normalized spacial score (nSPS) is 10.4. The summed E-state index contributed by atoms with van der Waals surface area (Å²) in [5, 5.41) is 6.60. The van der Waals surface area contributed by atoms with E-state index in [4.69, 9.17) is 0 Å². The summed E-state index contributed by atoms with van der Waals surface area (Å²) >= 11 is 0. The number of halogens is 1. The molecule has 0 radical (unpaired) electrons. The van der Waals surface area contributed by atoms with Gasteiger partial charge in [0.25, 0.3) is 11.5 Å². The molecule has 2 aromatic rings. The van der Waals surface area contributed by atoms with Crippen LogP contribution in [0.4, 0.5) is 10.1 Å². The lowest BCUT2D eigenvalue weighted by molar-refractivity contribution is -0.116. The number of benzene rings is 1. The molecule has 132 valence electrons. The van der Waals surface area contributed by atoms with Crippen LogP contribution in [0.25, 0.3) is 0 Å². The molecule has 1 aromatic carbocycles. The van der Waals surface area contributed by atoms with Gasteiger partial charge in [-0.25, -0.2) is 9.07 Å². The van der Waals surface area contributed by atoms with Crippen molar-refractivity contribution in [2.75, 3.05) is 18.9 Å². The molecule has 25 heavy (non-hydrogen) atoms. The molecule has 0 aliphatic heterocycles. The number of aryl methyl sites for hydroxylation is 1. The largest absolute Gasteiger partial charge is 0.331 e. The molecule has 0 saturated carbocycles. The first-order valence-corrected chi connectivity index (χ1v) is 7.79. The molecular weight excluding hydrogens is 327 g/mol. The Labute approximate surface area is 144 Å². The summed E-state index contributed by atoms with van der Waals surface area (Å²) in [6.45, 7) is 2.11. The molecule has 0 aliphatic rings. The first-order valence-electron chi connectivity index (χ1n) is 7.79.